The van der Waals surface area contributed by atoms with Crippen molar-refractivity contribution in [3.63, 3.8) is 0 Å². The van der Waals surface area contributed by atoms with Crippen LogP contribution in [0.25, 0.3) is 0 Å². The van der Waals surface area contributed by atoms with Gasteiger partial charge in [-0.2, -0.15) is 0 Å². The molecule has 5 heteroatoms. The van der Waals surface area contributed by atoms with Crippen molar-refractivity contribution in [2.45, 2.75) is 71.1 Å². The Morgan fingerprint density at radius 2 is 1.77 bits per heavy atom. The molecule has 1 amide bonds. The van der Waals surface area contributed by atoms with Gasteiger partial charge in [-0.05, 0) is 39.2 Å². The van der Waals surface area contributed by atoms with E-state index < -0.39 is 0 Å². The minimum atomic E-state index is 0.192. The van der Waals surface area contributed by atoms with Crippen LogP contribution in [0, 0.1) is 6.92 Å². The predicted molar refractivity (Wildman–Crippen MR) is 110 cm³/mol. The Kier molecular flexibility index (Phi) is 7.76. The lowest BCUT2D eigenvalue weighted by molar-refractivity contribution is -0.132. The summed E-state index contributed by atoms with van der Waals surface area (Å²) < 4.78 is 0. The highest BCUT2D eigenvalue weighted by atomic mass is 32.2. The Morgan fingerprint density at radius 3 is 2.35 bits per heavy atom. The van der Waals surface area contributed by atoms with Crippen LogP contribution in [0.3, 0.4) is 0 Å². The van der Waals surface area contributed by atoms with Crippen molar-refractivity contribution >= 4 is 17.7 Å². The monoisotopic (exact) mass is 373 g/mol. The molecule has 2 atom stereocenters. The van der Waals surface area contributed by atoms with Gasteiger partial charge in [-0.25, -0.2) is 4.98 Å². The van der Waals surface area contributed by atoms with Crippen molar-refractivity contribution in [3.8, 4) is 0 Å². The van der Waals surface area contributed by atoms with E-state index >= 15 is 0 Å². The number of rotatable bonds is 9. The average molecular weight is 374 g/mol. The molecule has 1 aromatic heterocycles. The second-order valence-electron chi connectivity index (χ2n) is 6.88. The summed E-state index contributed by atoms with van der Waals surface area (Å²) in [4.78, 5) is 22.8. The van der Waals surface area contributed by atoms with Crippen LogP contribution in [-0.4, -0.2) is 38.6 Å². The number of hydrogen-bond acceptors (Lipinski definition) is 3. The van der Waals surface area contributed by atoms with Gasteiger partial charge in [0.15, 0.2) is 5.16 Å². The molecule has 0 bridgehead atoms. The van der Waals surface area contributed by atoms with Crippen molar-refractivity contribution in [2.75, 3.05) is 5.75 Å². The van der Waals surface area contributed by atoms with Gasteiger partial charge in [0.2, 0.25) is 5.91 Å². The number of aromatic amines is 1. The molecule has 1 heterocycles. The number of imidazole rings is 1. The number of aromatic nitrogens is 2. The van der Waals surface area contributed by atoms with E-state index in [9.17, 15) is 4.79 Å². The summed E-state index contributed by atoms with van der Waals surface area (Å²) in [6, 6.07) is 10.9. The Bertz CT molecular complexity index is 689. The number of carbonyl (C=O) groups is 1. The molecule has 0 saturated heterocycles. The Hall–Kier alpha value is -1.75. The minimum Gasteiger partial charge on any atom is -0.337 e. The second-order valence-corrected chi connectivity index (χ2v) is 7.84. The van der Waals surface area contributed by atoms with Crippen molar-refractivity contribution in [3.05, 3.63) is 47.3 Å². The summed E-state index contributed by atoms with van der Waals surface area (Å²) in [5.74, 6) is 0.615. The lowest BCUT2D eigenvalue weighted by atomic mass is 10.1. The van der Waals surface area contributed by atoms with E-state index in [0.717, 1.165) is 35.8 Å². The summed E-state index contributed by atoms with van der Waals surface area (Å²) in [6.07, 6.45) is 2.76. The largest absolute Gasteiger partial charge is 0.337 e. The molecule has 2 aromatic rings. The first kappa shape index (κ1) is 20.6. The molecule has 26 heavy (non-hydrogen) atoms. The van der Waals surface area contributed by atoms with Gasteiger partial charge in [-0.15, -0.1) is 0 Å². The molecule has 142 valence electrons. The van der Waals surface area contributed by atoms with Gasteiger partial charge in [-0.3, -0.25) is 4.79 Å². The number of nitrogens with zero attached hydrogens (tertiary/aromatic N) is 2. The van der Waals surface area contributed by atoms with Crippen LogP contribution in [0.2, 0.25) is 0 Å². The summed E-state index contributed by atoms with van der Waals surface area (Å²) in [5, 5.41) is 0.829. The minimum absolute atomic E-state index is 0.192. The molecule has 0 aliphatic carbocycles. The van der Waals surface area contributed by atoms with Crippen LogP contribution in [0.5, 0.6) is 0 Å². The van der Waals surface area contributed by atoms with E-state index in [-0.39, 0.29) is 18.0 Å². The maximum absolute atomic E-state index is 12.8. The number of hydrogen-bond donors (Lipinski definition) is 1. The van der Waals surface area contributed by atoms with Gasteiger partial charge in [0.25, 0.3) is 0 Å². The van der Waals surface area contributed by atoms with Crippen LogP contribution < -0.4 is 0 Å². The van der Waals surface area contributed by atoms with E-state index in [1.54, 1.807) is 0 Å². The van der Waals surface area contributed by atoms with E-state index in [2.05, 4.69) is 44.8 Å². The fraction of sp³-hybridized carbons (Fsp3) is 0.524. The topological polar surface area (TPSA) is 49.0 Å². The van der Waals surface area contributed by atoms with E-state index in [4.69, 9.17) is 4.98 Å². The van der Waals surface area contributed by atoms with Crippen LogP contribution in [0.1, 0.15) is 57.5 Å². The number of aryl methyl sites for hydroxylation is 1. The molecule has 0 spiro atoms. The summed E-state index contributed by atoms with van der Waals surface area (Å²) in [5.41, 5.74) is 3.37. The molecular weight excluding hydrogens is 342 g/mol. The van der Waals surface area contributed by atoms with E-state index in [1.165, 1.54) is 17.3 Å². The Morgan fingerprint density at radius 1 is 1.15 bits per heavy atom. The number of amides is 1. The zero-order valence-corrected chi connectivity index (χ0v) is 17.4. The molecule has 0 fully saturated rings. The van der Waals surface area contributed by atoms with Gasteiger partial charge in [0.1, 0.15) is 0 Å². The quantitative estimate of drug-likeness (QED) is 0.641. The molecule has 2 unspecified atom stereocenters. The van der Waals surface area contributed by atoms with E-state index in [1.807, 2.05) is 30.0 Å². The highest BCUT2D eigenvalue weighted by molar-refractivity contribution is 7.99. The molecule has 1 N–H and O–H groups in total. The fourth-order valence-corrected chi connectivity index (χ4v) is 3.83. The Balaban J connectivity index is 2.00. The van der Waals surface area contributed by atoms with Gasteiger partial charge < -0.3 is 9.88 Å². The van der Waals surface area contributed by atoms with Crippen molar-refractivity contribution in [2.24, 2.45) is 0 Å². The third-order valence-corrected chi connectivity index (χ3v) is 5.79. The Labute approximate surface area is 161 Å². The van der Waals surface area contributed by atoms with Crippen LogP contribution in [0.4, 0.5) is 0 Å². The first-order valence-corrected chi connectivity index (χ1v) is 10.5. The molecular formula is C21H31N3OS. The van der Waals surface area contributed by atoms with Gasteiger partial charge in [-0.1, -0.05) is 55.9 Å². The second kappa shape index (κ2) is 9.81. The average Bonchev–Trinajstić information content (AvgIpc) is 3.00. The number of carbonyl (C=O) groups excluding carboxylic acids is 1. The van der Waals surface area contributed by atoms with Crippen LogP contribution >= 0.6 is 11.8 Å². The van der Waals surface area contributed by atoms with Gasteiger partial charge in [0, 0.05) is 24.2 Å². The molecule has 0 radical (unpaired) electrons. The van der Waals surface area contributed by atoms with Crippen molar-refractivity contribution < 1.29 is 4.79 Å². The number of thioether (sulfide) groups is 1. The highest BCUT2D eigenvalue weighted by Crippen LogP contribution is 2.21. The lowest BCUT2D eigenvalue weighted by Crippen LogP contribution is -2.45. The number of benzene rings is 1. The fourth-order valence-electron chi connectivity index (χ4n) is 3.02. The number of H-pyrrole nitrogens is 1. The summed E-state index contributed by atoms with van der Waals surface area (Å²) >= 11 is 1.50. The third-order valence-electron chi connectivity index (χ3n) is 4.93. The zero-order valence-electron chi connectivity index (χ0n) is 16.6. The summed E-state index contributed by atoms with van der Waals surface area (Å²) in [6.45, 7) is 10.6. The van der Waals surface area contributed by atoms with Gasteiger partial charge in [0.05, 0.1) is 11.4 Å². The van der Waals surface area contributed by atoms with Crippen molar-refractivity contribution in [1.29, 1.82) is 0 Å². The predicted octanol–water partition coefficient (Wildman–Crippen LogP) is 4.83. The summed E-state index contributed by atoms with van der Waals surface area (Å²) in [7, 11) is 0. The molecule has 0 aliphatic heterocycles. The first-order chi connectivity index (χ1) is 12.5. The third kappa shape index (κ3) is 5.37. The molecule has 0 aliphatic rings. The standard InChI is InChI=1S/C21H31N3OS/c1-6-15(3)24(16(4)7-2)20(25)14-26-21-22-17(5)19(23-21)13-18-11-9-8-10-12-18/h8-12,15-16H,6-7,13-14H2,1-5H3,(H,22,23). The molecule has 4 nitrogen and oxygen atoms in total. The van der Waals surface area contributed by atoms with Crippen LogP contribution in [-0.2, 0) is 11.2 Å². The first-order valence-electron chi connectivity index (χ1n) is 9.49. The number of nitrogens with one attached hydrogen (secondary N) is 1. The van der Waals surface area contributed by atoms with Crippen LogP contribution in [0.15, 0.2) is 35.5 Å². The maximum atomic E-state index is 12.8. The van der Waals surface area contributed by atoms with E-state index in [0.29, 0.717) is 5.75 Å². The molecule has 1 aromatic carbocycles. The maximum Gasteiger partial charge on any atom is 0.233 e. The van der Waals surface area contributed by atoms with Crippen molar-refractivity contribution in [1.82, 2.24) is 14.9 Å². The molecule has 2 rings (SSSR count). The smallest absolute Gasteiger partial charge is 0.233 e. The normalized spacial score (nSPS) is 13.4. The lowest BCUT2D eigenvalue weighted by Gasteiger charge is -2.33. The highest BCUT2D eigenvalue weighted by Gasteiger charge is 2.23. The zero-order chi connectivity index (χ0) is 19.1. The van der Waals surface area contributed by atoms with Gasteiger partial charge >= 0.3 is 0 Å². The SMILES string of the molecule is CCC(C)N(C(=O)CSc1nc(Cc2ccccc2)c(C)[nH]1)C(C)CC. The molecule has 0 saturated carbocycles.